The molecule has 11 aromatic rings. The van der Waals surface area contributed by atoms with Crippen LogP contribution in [0.1, 0.15) is 22.3 Å². The van der Waals surface area contributed by atoms with Crippen LogP contribution in [0.2, 0.25) is 0 Å². The largest absolute Gasteiger partial charge is 0.455 e. The third kappa shape index (κ3) is 4.21. The molecule has 0 bridgehead atoms. The topological polar surface area (TPSA) is 16.4 Å². The Morgan fingerprint density at radius 3 is 1.64 bits per heavy atom. The number of anilines is 3. The lowest BCUT2D eigenvalue weighted by molar-refractivity contribution is 0.674. The quantitative estimate of drug-likeness (QED) is 0.178. The minimum atomic E-state index is -0.409. The molecule has 0 N–H and O–H groups in total. The second kappa shape index (κ2) is 11.9. The zero-order chi connectivity index (χ0) is 38.0. The van der Waals surface area contributed by atoms with Gasteiger partial charge in [0.15, 0.2) is 0 Å². The smallest absolute Gasteiger partial charge is 0.144 e. The Balaban J connectivity index is 0.976. The molecule has 1 spiro atoms. The summed E-state index contributed by atoms with van der Waals surface area (Å²) in [5.74, 6) is 0. The molecule has 270 valence electrons. The predicted molar refractivity (Wildman–Crippen MR) is 243 cm³/mol. The first kappa shape index (κ1) is 31.9. The predicted octanol–water partition coefficient (Wildman–Crippen LogP) is 15.4. The summed E-state index contributed by atoms with van der Waals surface area (Å²) in [6.45, 7) is 0. The molecule has 0 atom stereocenters. The van der Waals surface area contributed by atoms with Gasteiger partial charge in [0.1, 0.15) is 11.2 Å². The van der Waals surface area contributed by atoms with Gasteiger partial charge in [0, 0.05) is 53.6 Å². The molecular weight excluding hydrogens is 723 g/mol. The summed E-state index contributed by atoms with van der Waals surface area (Å²) < 4.78 is 9.43. The van der Waals surface area contributed by atoms with Crippen molar-refractivity contribution in [1.82, 2.24) is 0 Å². The molecule has 9 aromatic carbocycles. The standard InChI is InChI=1S/C55H33NOS/c1-2-13-35(14-3-1)56(37-29-30-42-41-17-6-10-23-48(41)55(49(42)33-37)46-21-8-4-15-39(46)40-16-5-9-22-47(40)55)36-27-25-34(26-28-36)38-19-12-20-43-44-31-32-51-52(54(44)57-53(38)43)45-18-7-11-24-50(45)58-51/h1-33H. The van der Waals surface area contributed by atoms with E-state index in [4.69, 9.17) is 4.42 Å². The van der Waals surface area contributed by atoms with Gasteiger partial charge < -0.3 is 9.32 Å². The lowest BCUT2D eigenvalue weighted by Crippen LogP contribution is -2.26. The zero-order valence-corrected chi connectivity index (χ0v) is 32.1. The Bertz CT molecular complexity index is 3400. The number of fused-ring (bicyclic) bond motifs is 17. The van der Waals surface area contributed by atoms with E-state index in [0.717, 1.165) is 50.1 Å². The summed E-state index contributed by atoms with van der Waals surface area (Å²) in [5.41, 5.74) is 17.6. The van der Waals surface area contributed by atoms with Gasteiger partial charge in [0.05, 0.1) is 5.41 Å². The maximum atomic E-state index is 6.90. The number of para-hydroxylation sites is 2. The molecule has 2 aliphatic carbocycles. The van der Waals surface area contributed by atoms with Crippen LogP contribution in [0.3, 0.4) is 0 Å². The van der Waals surface area contributed by atoms with Crippen LogP contribution in [0.25, 0.3) is 75.5 Å². The van der Waals surface area contributed by atoms with Crippen LogP contribution in [0.15, 0.2) is 205 Å². The van der Waals surface area contributed by atoms with Crippen molar-refractivity contribution in [2.75, 3.05) is 4.90 Å². The molecule has 0 amide bonds. The van der Waals surface area contributed by atoms with Crippen molar-refractivity contribution in [1.29, 1.82) is 0 Å². The number of nitrogens with zero attached hydrogens (tertiary/aromatic N) is 1. The van der Waals surface area contributed by atoms with E-state index in [1.165, 1.54) is 64.7 Å². The summed E-state index contributed by atoms with van der Waals surface area (Å²) in [7, 11) is 0. The molecule has 2 heterocycles. The first-order valence-electron chi connectivity index (χ1n) is 19.9. The Kier molecular flexibility index (Phi) is 6.56. The molecule has 2 aliphatic rings. The van der Waals surface area contributed by atoms with Crippen LogP contribution in [-0.4, -0.2) is 0 Å². The summed E-state index contributed by atoms with van der Waals surface area (Å²) in [6.07, 6.45) is 0. The van der Waals surface area contributed by atoms with E-state index in [1.54, 1.807) is 0 Å². The second-order valence-corrected chi connectivity index (χ2v) is 16.6. The Hall–Kier alpha value is -7.20. The van der Waals surface area contributed by atoms with Gasteiger partial charge in [-0.05, 0) is 105 Å². The third-order valence-electron chi connectivity index (χ3n) is 12.7. The lowest BCUT2D eigenvalue weighted by atomic mass is 9.70. The highest BCUT2D eigenvalue weighted by Crippen LogP contribution is 2.63. The van der Waals surface area contributed by atoms with Crippen molar-refractivity contribution in [3.8, 4) is 33.4 Å². The average Bonchev–Trinajstić information content (AvgIpc) is 4.02. The van der Waals surface area contributed by atoms with Crippen LogP contribution in [-0.2, 0) is 5.41 Å². The molecule has 0 unspecified atom stereocenters. The SMILES string of the molecule is c1ccc(N(c2ccc(-c3cccc4c3oc3c4ccc4sc5ccccc5c43)cc2)c2ccc3c(c2)C2(c4ccccc4-c4ccccc42)c2ccccc2-3)cc1. The van der Waals surface area contributed by atoms with Gasteiger partial charge >= 0.3 is 0 Å². The molecule has 3 heteroatoms. The van der Waals surface area contributed by atoms with Crippen molar-refractivity contribution in [3.63, 3.8) is 0 Å². The number of rotatable bonds is 4. The van der Waals surface area contributed by atoms with Crippen LogP contribution in [0.4, 0.5) is 17.1 Å². The fourth-order valence-electron chi connectivity index (χ4n) is 10.3. The van der Waals surface area contributed by atoms with E-state index in [9.17, 15) is 0 Å². The summed E-state index contributed by atoms with van der Waals surface area (Å²) in [6, 6.07) is 73.6. The number of thiophene rings is 1. The van der Waals surface area contributed by atoms with Crippen molar-refractivity contribution >= 4 is 70.5 Å². The van der Waals surface area contributed by atoms with Crippen molar-refractivity contribution in [2.45, 2.75) is 5.41 Å². The minimum Gasteiger partial charge on any atom is -0.455 e. The highest BCUT2D eigenvalue weighted by atomic mass is 32.1. The Morgan fingerprint density at radius 1 is 0.362 bits per heavy atom. The molecule has 13 rings (SSSR count). The molecular formula is C55H33NOS. The lowest BCUT2D eigenvalue weighted by Gasteiger charge is -2.32. The molecule has 2 aromatic heterocycles. The minimum absolute atomic E-state index is 0.409. The fraction of sp³-hybridized carbons (Fsp3) is 0.0182. The molecule has 0 saturated heterocycles. The van der Waals surface area contributed by atoms with Crippen LogP contribution in [0, 0.1) is 0 Å². The van der Waals surface area contributed by atoms with E-state index in [1.807, 2.05) is 11.3 Å². The maximum Gasteiger partial charge on any atom is 0.144 e. The Labute approximate surface area is 339 Å². The Morgan fingerprint density at radius 2 is 0.914 bits per heavy atom. The van der Waals surface area contributed by atoms with E-state index < -0.39 is 5.41 Å². The van der Waals surface area contributed by atoms with Crippen LogP contribution < -0.4 is 4.90 Å². The first-order valence-corrected chi connectivity index (χ1v) is 20.7. The van der Waals surface area contributed by atoms with Gasteiger partial charge in [-0.1, -0.05) is 146 Å². The first-order chi connectivity index (χ1) is 28.8. The molecule has 0 fully saturated rings. The van der Waals surface area contributed by atoms with Gasteiger partial charge in [0.25, 0.3) is 0 Å². The van der Waals surface area contributed by atoms with Gasteiger partial charge in [-0.3, -0.25) is 0 Å². The van der Waals surface area contributed by atoms with E-state index in [0.29, 0.717) is 0 Å². The van der Waals surface area contributed by atoms with Crippen molar-refractivity contribution in [3.05, 3.63) is 222 Å². The van der Waals surface area contributed by atoms with Gasteiger partial charge in [-0.15, -0.1) is 11.3 Å². The van der Waals surface area contributed by atoms with Crippen LogP contribution in [0.5, 0.6) is 0 Å². The molecule has 58 heavy (non-hydrogen) atoms. The molecule has 0 saturated carbocycles. The highest BCUT2D eigenvalue weighted by Gasteiger charge is 2.51. The average molecular weight is 756 g/mol. The van der Waals surface area contributed by atoms with Crippen molar-refractivity contribution in [2.24, 2.45) is 0 Å². The monoisotopic (exact) mass is 755 g/mol. The number of hydrogen-bond donors (Lipinski definition) is 0. The van der Waals surface area contributed by atoms with Gasteiger partial charge in [-0.25, -0.2) is 0 Å². The number of hydrogen-bond acceptors (Lipinski definition) is 3. The van der Waals surface area contributed by atoms with Gasteiger partial charge in [0.2, 0.25) is 0 Å². The fourth-order valence-corrected chi connectivity index (χ4v) is 11.4. The van der Waals surface area contributed by atoms with Gasteiger partial charge in [-0.2, -0.15) is 0 Å². The van der Waals surface area contributed by atoms with E-state index in [-0.39, 0.29) is 0 Å². The number of benzene rings is 9. The summed E-state index contributed by atoms with van der Waals surface area (Å²) >= 11 is 1.83. The maximum absolute atomic E-state index is 6.90. The van der Waals surface area contributed by atoms with Crippen molar-refractivity contribution < 1.29 is 4.42 Å². The molecule has 0 aliphatic heterocycles. The summed E-state index contributed by atoms with van der Waals surface area (Å²) in [4.78, 5) is 2.40. The van der Waals surface area contributed by atoms with Crippen LogP contribution >= 0.6 is 11.3 Å². The van der Waals surface area contributed by atoms with E-state index in [2.05, 4.69) is 205 Å². The zero-order valence-electron chi connectivity index (χ0n) is 31.3. The molecule has 0 radical (unpaired) electrons. The third-order valence-corrected chi connectivity index (χ3v) is 13.8. The second-order valence-electron chi connectivity index (χ2n) is 15.5. The normalized spacial score (nSPS) is 13.3. The van der Waals surface area contributed by atoms with E-state index >= 15 is 0 Å². The number of furan rings is 1. The summed E-state index contributed by atoms with van der Waals surface area (Å²) in [5, 5.41) is 4.76. The highest BCUT2D eigenvalue weighted by molar-refractivity contribution is 7.26. The molecule has 2 nitrogen and oxygen atoms in total.